The lowest BCUT2D eigenvalue weighted by Crippen LogP contribution is -2.06. The van der Waals surface area contributed by atoms with E-state index >= 15 is 0 Å². The standard InChI is InChI=1S/C15H10BrF3N2/c1-9-2-4-12(16)14(6-9)21-13-5-3-11(15(17,18)19)7-10(13)8-20/h2-7,21H,1H3. The third-order valence-corrected chi connectivity index (χ3v) is 3.55. The maximum atomic E-state index is 12.6. The molecule has 0 aliphatic carbocycles. The molecule has 2 aromatic carbocycles. The topological polar surface area (TPSA) is 35.8 Å². The number of aryl methyl sites for hydroxylation is 1. The van der Waals surface area contributed by atoms with Gasteiger partial charge in [-0.3, -0.25) is 0 Å². The van der Waals surface area contributed by atoms with E-state index in [4.69, 9.17) is 5.26 Å². The summed E-state index contributed by atoms with van der Waals surface area (Å²) in [5.74, 6) is 0. The van der Waals surface area contributed by atoms with Gasteiger partial charge >= 0.3 is 6.18 Å². The van der Waals surface area contributed by atoms with Gasteiger partial charge in [0, 0.05) is 4.47 Å². The molecule has 6 heteroatoms. The minimum atomic E-state index is -4.46. The summed E-state index contributed by atoms with van der Waals surface area (Å²) in [4.78, 5) is 0. The van der Waals surface area contributed by atoms with Crippen LogP contribution in [-0.4, -0.2) is 0 Å². The Morgan fingerprint density at radius 2 is 1.81 bits per heavy atom. The van der Waals surface area contributed by atoms with Crippen LogP contribution in [0.4, 0.5) is 24.5 Å². The lowest BCUT2D eigenvalue weighted by Gasteiger charge is -2.13. The molecule has 0 radical (unpaired) electrons. The molecule has 0 spiro atoms. The van der Waals surface area contributed by atoms with Gasteiger partial charge in [0.15, 0.2) is 0 Å². The summed E-state index contributed by atoms with van der Waals surface area (Å²) in [7, 11) is 0. The first-order valence-corrected chi connectivity index (χ1v) is 6.75. The summed E-state index contributed by atoms with van der Waals surface area (Å²) in [5, 5.41) is 12.0. The zero-order valence-electron chi connectivity index (χ0n) is 10.9. The Labute approximate surface area is 128 Å². The molecular formula is C15H10BrF3N2. The highest BCUT2D eigenvalue weighted by Gasteiger charge is 2.31. The molecule has 0 amide bonds. The van der Waals surface area contributed by atoms with Crippen LogP contribution in [0.5, 0.6) is 0 Å². The van der Waals surface area contributed by atoms with Crippen LogP contribution >= 0.6 is 15.9 Å². The fraction of sp³-hybridized carbons (Fsp3) is 0.133. The SMILES string of the molecule is Cc1ccc(Br)c(Nc2ccc(C(F)(F)F)cc2C#N)c1. The minimum Gasteiger partial charge on any atom is -0.354 e. The van der Waals surface area contributed by atoms with Crippen LogP contribution in [-0.2, 0) is 6.18 Å². The highest BCUT2D eigenvalue weighted by Crippen LogP contribution is 2.33. The predicted octanol–water partition coefficient (Wildman–Crippen LogP) is 5.39. The molecule has 0 aliphatic rings. The van der Waals surface area contributed by atoms with E-state index in [1.54, 1.807) is 6.07 Å². The number of nitriles is 1. The van der Waals surface area contributed by atoms with Crippen LogP contribution in [0.15, 0.2) is 40.9 Å². The van der Waals surface area contributed by atoms with Gasteiger partial charge in [0.05, 0.1) is 22.5 Å². The number of benzene rings is 2. The van der Waals surface area contributed by atoms with Crippen molar-refractivity contribution in [2.45, 2.75) is 13.1 Å². The Morgan fingerprint density at radius 1 is 1.10 bits per heavy atom. The molecule has 2 aromatic rings. The third kappa shape index (κ3) is 3.56. The van der Waals surface area contributed by atoms with Crippen LogP contribution in [0.3, 0.4) is 0 Å². The Hall–Kier alpha value is -2.00. The maximum absolute atomic E-state index is 12.6. The van der Waals surface area contributed by atoms with Gasteiger partial charge in [0.1, 0.15) is 6.07 Å². The van der Waals surface area contributed by atoms with Gasteiger partial charge in [-0.2, -0.15) is 18.4 Å². The van der Waals surface area contributed by atoms with Crippen LogP contribution in [0.2, 0.25) is 0 Å². The number of nitrogens with zero attached hydrogens (tertiary/aromatic N) is 1. The van der Waals surface area contributed by atoms with Crippen molar-refractivity contribution in [2.75, 3.05) is 5.32 Å². The Bertz CT molecular complexity index is 718. The average molecular weight is 355 g/mol. The van der Waals surface area contributed by atoms with Gasteiger partial charge in [-0.15, -0.1) is 0 Å². The zero-order valence-corrected chi connectivity index (χ0v) is 12.5. The summed E-state index contributed by atoms with van der Waals surface area (Å²) in [6.07, 6.45) is -4.46. The average Bonchev–Trinajstić information content (AvgIpc) is 2.42. The summed E-state index contributed by atoms with van der Waals surface area (Å²) in [6, 6.07) is 10.4. The van der Waals surface area contributed by atoms with Crippen LogP contribution in [0, 0.1) is 18.3 Å². The first-order valence-electron chi connectivity index (χ1n) is 5.96. The number of anilines is 2. The molecule has 1 N–H and O–H groups in total. The highest BCUT2D eigenvalue weighted by molar-refractivity contribution is 9.10. The van der Waals surface area contributed by atoms with Crippen LogP contribution in [0.1, 0.15) is 16.7 Å². The fourth-order valence-electron chi connectivity index (χ4n) is 1.80. The van der Waals surface area contributed by atoms with E-state index in [0.717, 1.165) is 22.2 Å². The van der Waals surface area contributed by atoms with Gasteiger partial charge in [-0.25, -0.2) is 0 Å². The predicted molar refractivity (Wildman–Crippen MR) is 78.3 cm³/mol. The van der Waals surface area contributed by atoms with E-state index in [-0.39, 0.29) is 5.56 Å². The molecule has 2 rings (SSSR count). The molecule has 0 fully saturated rings. The quantitative estimate of drug-likeness (QED) is 0.784. The van der Waals surface area contributed by atoms with Gasteiger partial charge in [-0.1, -0.05) is 6.07 Å². The van der Waals surface area contributed by atoms with Crippen molar-refractivity contribution in [1.82, 2.24) is 0 Å². The van der Waals surface area contributed by atoms with Gasteiger partial charge in [0.25, 0.3) is 0 Å². The van der Waals surface area contributed by atoms with Crippen molar-refractivity contribution in [3.05, 3.63) is 57.6 Å². The molecule has 0 aliphatic heterocycles. The van der Waals surface area contributed by atoms with Crippen molar-refractivity contribution >= 4 is 27.3 Å². The first kappa shape index (κ1) is 15.4. The Kier molecular flexibility index (Phi) is 4.24. The molecule has 0 unspecified atom stereocenters. The lowest BCUT2D eigenvalue weighted by molar-refractivity contribution is -0.137. The summed E-state index contributed by atoms with van der Waals surface area (Å²) in [6.45, 7) is 1.90. The molecule has 108 valence electrons. The second-order valence-corrected chi connectivity index (χ2v) is 5.33. The Balaban J connectivity index is 2.41. The molecule has 0 saturated heterocycles. The van der Waals surface area contributed by atoms with Gasteiger partial charge < -0.3 is 5.32 Å². The molecule has 0 aromatic heterocycles. The van der Waals surface area contributed by atoms with Crippen LogP contribution < -0.4 is 5.32 Å². The normalized spacial score (nSPS) is 11.0. The van der Waals surface area contributed by atoms with Crippen molar-refractivity contribution in [2.24, 2.45) is 0 Å². The molecule has 0 heterocycles. The Morgan fingerprint density at radius 3 is 2.43 bits per heavy atom. The maximum Gasteiger partial charge on any atom is 0.416 e. The van der Waals surface area contributed by atoms with E-state index in [1.807, 2.05) is 25.1 Å². The first-order chi connectivity index (χ1) is 9.81. The molecule has 2 nitrogen and oxygen atoms in total. The second kappa shape index (κ2) is 5.78. The lowest BCUT2D eigenvalue weighted by atomic mass is 10.1. The minimum absolute atomic E-state index is 0.0572. The molecule has 0 saturated carbocycles. The van der Waals surface area contributed by atoms with Crippen molar-refractivity contribution in [1.29, 1.82) is 5.26 Å². The molecular weight excluding hydrogens is 345 g/mol. The second-order valence-electron chi connectivity index (χ2n) is 4.48. The van der Waals surface area contributed by atoms with Crippen molar-refractivity contribution in [3.63, 3.8) is 0 Å². The van der Waals surface area contributed by atoms with Gasteiger partial charge in [0.2, 0.25) is 0 Å². The summed E-state index contributed by atoms with van der Waals surface area (Å²) < 4.78 is 38.7. The smallest absolute Gasteiger partial charge is 0.354 e. The third-order valence-electron chi connectivity index (χ3n) is 2.86. The number of hydrogen-bond acceptors (Lipinski definition) is 2. The van der Waals surface area contributed by atoms with E-state index in [9.17, 15) is 13.2 Å². The number of halogens is 4. The number of rotatable bonds is 2. The summed E-state index contributed by atoms with van der Waals surface area (Å²) >= 11 is 3.36. The number of alkyl halides is 3. The van der Waals surface area contributed by atoms with Crippen LogP contribution in [0.25, 0.3) is 0 Å². The molecule has 21 heavy (non-hydrogen) atoms. The largest absolute Gasteiger partial charge is 0.416 e. The molecule has 0 bridgehead atoms. The molecule has 0 atom stereocenters. The van der Waals surface area contributed by atoms with E-state index in [0.29, 0.717) is 11.4 Å². The van der Waals surface area contributed by atoms with Gasteiger partial charge in [-0.05, 0) is 58.7 Å². The van der Waals surface area contributed by atoms with Crippen molar-refractivity contribution < 1.29 is 13.2 Å². The van der Waals surface area contributed by atoms with E-state index < -0.39 is 11.7 Å². The number of nitrogens with one attached hydrogen (secondary N) is 1. The van der Waals surface area contributed by atoms with E-state index in [1.165, 1.54) is 6.07 Å². The summed E-state index contributed by atoms with van der Waals surface area (Å²) in [5.41, 5.74) is 1.11. The van der Waals surface area contributed by atoms with Crippen molar-refractivity contribution in [3.8, 4) is 6.07 Å². The zero-order chi connectivity index (χ0) is 15.6. The monoisotopic (exact) mass is 354 g/mol. The number of hydrogen-bond donors (Lipinski definition) is 1. The van der Waals surface area contributed by atoms with E-state index in [2.05, 4.69) is 21.2 Å². The highest BCUT2D eigenvalue weighted by atomic mass is 79.9. The fourth-order valence-corrected chi connectivity index (χ4v) is 2.15.